The monoisotopic (exact) mass is 469 g/mol. The number of hydrogen-bond acceptors (Lipinski definition) is 7. The first-order valence-corrected chi connectivity index (χ1v) is 10.1. The van der Waals surface area contributed by atoms with E-state index in [2.05, 4.69) is 10.6 Å². The minimum Gasteiger partial charge on any atom is -0.497 e. The number of para-hydroxylation sites is 1. The summed E-state index contributed by atoms with van der Waals surface area (Å²) in [5.74, 6) is -1.55. The Labute approximate surface area is 194 Å². The zero-order valence-corrected chi connectivity index (χ0v) is 18.7. The summed E-state index contributed by atoms with van der Waals surface area (Å²) in [5.41, 5.74) is 0.670. The summed E-state index contributed by atoms with van der Waals surface area (Å²) in [6, 6.07) is 10.5. The van der Waals surface area contributed by atoms with Gasteiger partial charge in [-0.3, -0.25) is 9.59 Å². The third-order valence-corrected chi connectivity index (χ3v) is 4.81. The van der Waals surface area contributed by atoms with Crippen LogP contribution in [0, 0.1) is 0 Å². The molecule has 2 aromatic carbocycles. The Morgan fingerprint density at radius 2 is 1.82 bits per heavy atom. The Kier molecular flexibility index (Phi) is 7.36. The molecule has 3 rings (SSSR count). The predicted molar refractivity (Wildman–Crippen MR) is 121 cm³/mol. The van der Waals surface area contributed by atoms with Crippen molar-refractivity contribution in [1.29, 1.82) is 0 Å². The van der Waals surface area contributed by atoms with Gasteiger partial charge in [0.15, 0.2) is 17.6 Å². The van der Waals surface area contributed by atoms with Crippen LogP contribution in [-0.4, -0.2) is 60.7 Å². The Morgan fingerprint density at radius 1 is 1.12 bits per heavy atom. The SMILES string of the molecule is COc1ccc(NC(=O)CN2C(=O)N/C(=C\c3cccc(OC)c3O[C@H](C)C(=O)O)C2=O)cc1. The van der Waals surface area contributed by atoms with Crippen LogP contribution in [0.5, 0.6) is 17.2 Å². The largest absolute Gasteiger partial charge is 0.497 e. The maximum atomic E-state index is 12.8. The molecule has 0 unspecified atom stereocenters. The third-order valence-electron chi connectivity index (χ3n) is 4.81. The molecule has 11 nitrogen and oxygen atoms in total. The molecule has 0 radical (unpaired) electrons. The van der Waals surface area contributed by atoms with Crippen LogP contribution in [0.25, 0.3) is 6.08 Å². The first kappa shape index (κ1) is 24.1. The number of nitrogens with zero attached hydrogens (tertiary/aromatic N) is 1. The van der Waals surface area contributed by atoms with Gasteiger partial charge < -0.3 is 30.0 Å². The van der Waals surface area contributed by atoms with Gasteiger partial charge in [-0.25, -0.2) is 14.5 Å². The van der Waals surface area contributed by atoms with Gasteiger partial charge in [0.05, 0.1) is 14.2 Å². The second kappa shape index (κ2) is 10.4. The van der Waals surface area contributed by atoms with Crippen molar-refractivity contribution >= 4 is 35.6 Å². The third kappa shape index (κ3) is 5.44. The molecule has 1 heterocycles. The molecule has 4 amide bonds. The summed E-state index contributed by atoms with van der Waals surface area (Å²) in [7, 11) is 2.90. The van der Waals surface area contributed by atoms with Gasteiger partial charge in [0.1, 0.15) is 18.0 Å². The number of carbonyl (C=O) groups is 4. The average molecular weight is 469 g/mol. The molecule has 34 heavy (non-hydrogen) atoms. The van der Waals surface area contributed by atoms with E-state index in [0.717, 1.165) is 4.90 Å². The smallest absolute Gasteiger partial charge is 0.344 e. The number of carbonyl (C=O) groups excluding carboxylic acids is 3. The highest BCUT2D eigenvalue weighted by atomic mass is 16.5. The van der Waals surface area contributed by atoms with Gasteiger partial charge in [-0.2, -0.15) is 0 Å². The molecule has 0 saturated carbocycles. The zero-order valence-electron chi connectivity index (χ0n) is 18.7. The molecule has 1 aliphatic rings. The molecule has 0 bridgehead atoms. The highest BCUT2D eigenvalue weighted by Crippen LogP contribution is 2.34. The highest BCUT2D eigenvalue weighted by molar-refractivity contribution is 6.16. The fourth-order valence-electron chi connectivity index (χ4n) is 3.05. The lowest BCUT2D eigenvalue weighted by atomic mass is 10.1. The minimum absolute atomic E-state index is 0.0881. The Balaban J connectivity index is 1.78. The van der Waals surface area contributed by atoms with Crippen LogP contribution >= 0.6 is 0 Å². The topological polar surface area (TPSA) is 144 Å². The number of ether oxygens (including phenoxy) is 3. The van der Waals surface area contributed by atoms with E-state index in [9.17, 15) is 19.2 Å². The van der Waals surface area contributed by atoms with Crippen molar-refractivity contribution in [2.24, 2.45) is 0 Å². The standard InChI is InChI=1S/C23H23N3O8/c1-13(22(29)30)34-20-14(5-4-6-18(20)33-3)11-17-21(28)26(23(31)25-17)12-19(27)24-15-7-9-16(32-2)10-8-15/h4-11,13H,12H2,1-3H3,(H,24,27)(H,25,31)(H,29,30)/b17-11-/t13-/m1/s1. The molecular formula is C23H23N3O8. The van der Waals surface area contributed by atoms with Crippen LogP contribution in [-0.2, 0) is 14.4 Å². The lowest BCUT2D eigenvalue weighted by Crippen LogP contribution is -2.38. The average Bonchev–Trinajstić information content (AvgIpc) is 3.07. The number of carboxylic acid groups (broad SMARTS) is 1. The molecule has 1 aliphatic heterocycles. The van der Waals surface area contributed by atoms with E-state index in [1.807, 2.05) is 0 Å². The fraction of sp³-hybridized carbons (Fsp3) is 0.217. The summed E-state index contributed by atoms with van der Waals surface area (Å²) in [6.07, 6.45) is 0.133. The number of urea groups is 1. The number of carboxylic acids is 1. The van der Waals surface area contributed by atoms with Gasteiger partial charge in [-0.15, -0.1) is 0 Å². The molecule has 0 spiro atoms. The molecule has 1 fully saturated rings. The van der Waals surface area contributed by atoms with Crippen molar-refractivity contribution in [1.82, 2.24) is 10.2 Å². The molecule has 11 heteroatoms. The van der Waals surface area contributed by atoms with E-state index in [4.69, 9.17) is 19.3 Å². The van der Waals surface area contributed by atoms with Crippen molar-refractivity contribution in [3.05, 3.63) is 53.7 Å². The number of amides is 4. The van der Waals surface area contributed by atoms with E-state index in [1.165, 1.54) is 27.2 Å². The normalized spacial score (nSPS) is 15.0. The molecule has 1 atom stereocenters. The number of hydrogen-bond donors (Lipinski definition) is 3. The molecule has 178 valence electrons. The van der Waals surface area contributed by atoms with Gasteiger partial charge in [0.25, 0.3) is 5.91 Å². The molecular weight excluding hydrogens is 446 g/mol. The quantitative estimate of drug-likeness (QED) is 0.374. The van der Waals surface area contributed by atoms with Crippen LogP contribution in [0.1, 0.15) is 12.5 Å². The number of anilines is 1. The first-order valence-electron chi connectivity index (χ1n) is 10.1. The summed E-state index contributed by atoms with van der Waals surface area (Å²) in [4.78, 5) is 49.5. The lowest BCUT2D eigenvalue weighted by Gasteiger charge is -2.16. The van der Waals surface area contributed by atoms with E-state index in [-0.39, 0.29) is 17.2 Å². The van der Waals surface area contributed by atoms with E-state index < -0.39 is 36.5 Å². The van der Waals surface area contributed by atoms with E-state index in [1.54, 1.807) is 42.5 Å². The number of imide groups is 1. The van der Waals surface area contributed by atoms with Crippen LogP contribution < -0.4 is 24.8 Å². The van der Waals surface area contributed by atoms with Crippen LogP contribution in [0.2, 0.25) is 0 Å². The van der Waals surface area contributed by atoms with Crippen molar-refractivity contribution < 1.29 is 38.5 Å². The Morgan fingerprint density at radius 3 is 2.44 bits per heavy atom. The predicted octanol–water partition coefficient (Wildman–Crippen LogP) is 2.09. The molecule has 0 aliphatic carbocycles. The van der Waals surface area contributed by atoms with Gasteiger partial charge in [0, 0.05) is 11.3 Å². The van der Waals surface area contributed by atoms with Gasteiger partial charge in [-0.1, -0.05) is 12.1 Å². The first-order chi connectivity index (χ1) is 16.2. The lowest BCUT2D eigenvalue weighted by molar-refractivity contribution is -0.144. The van der Waals surface area contributed by atoms with Crippen molar-refractivity contribution in [2.75, 3.05) is 26.1 Å². The highest BCUT2D eigenvalue weighted by Gasteiger charge is 2.35. The van der Waals surface area contributed by atoms with Gasteiger partial charge in [0.2, 0.25) is 5.91 Å². The van der Waals surface area contributed by atoms with E-state index >= 15 is 0 Å². The maximum absolute atomic E-state index is 12.8. The summed E-state index contributed by atoms with van der Waals surface area (Å²) >= 11 is 0. The molecule has 2 aromatic rings. The maximum Gasteiger partial charge on any atom is 0.344 e. The number of benzene rings is 2. The number of rotatable bonds is 9. The second-order valence-electron chi connectivity index (χ2n) is 7.13. The molecule has 3 N–H and O–H groups in total. The van der Waals surface area contributed by atoms with Crippen LogP contribution in [0.3, 0.4) is 0 Å². The zero-order chi connectivity index (χ0) is 24.8. The minimum atomic E-state index is -1.19. The number of aliphatic carboxylic acids is 1. The Bertz CT molecular complexity index is 1140. The molecule has 1 saturated heterocycles. The summed E-state index contributed by atoms with van der Waals surface area (Å²) in [6.45, 7) is 0.836. The number of nitrogens with one attached hydrogen (secondary N) is 2. The number of methoxy groups -OCH3 is 2. The van der Waals surface area contributed by atoms with Crippen molar-refractivity contribution in [2.45, 2.75) is 13.0 Å². The fourth-order valence-corrected chi connectivity index (χ4v) is 3.05. The van der Waals surface area contributed by atoms with Crippen molar-refractivity contribution in [3.63, 3.8) is 0 Å². The van der Waals surface area contributed by atoms with Crippen molar-refractivity contribution in [3.8, 4) is 17.2 Å². The van der Waals surface area contributed by atoms with E-state index in [0.29, 0.717) is 17.0 Å². The van der Waals surface area contributed by atoms with Crippen LogP contribution in [0.4, 0.5) is 10.5 Å². The summed E-state index contributed by atoms with van der Waals surface area (Å²) in [5, 5.41) is 14.2. The summed E-state index contributed by atoms with van der Waals surface area (Å²) < 4.78 is 15.8. The van der Waals surface area contributed by atoms with Crippen LogP contribution in [0.15, 0.2) is 48.2 Å². The second-order valence-corrected chi connectivity index (χ2v) is 7.13. The molecule has 0 aromatic heterocycles. The Hall–Kier alpha value is -4.54. The van der Waals surface area contributed by atoms with Gasteiger partial charge in [-0.05, 0) is 43.3 Å². The van der Waals surface area contributed by atoms with Gasteiger partial charge >= 0.3 is 12.0 Å².